The number of sulfonamides is 1. The van der Waals surface area contributed by atoms with Crippen LogP contribution in [0.4, 0.5) is 5.69 Å². The largest absolute Gasteiger partial charge is 0.481 e. The van der Waals surface area contributed by atoms with E-state index in [-0.39, 0.29) is 10.8 Å². The van der Waals surface area contributed by atoms with Crippen molar-refractivity contribution in [2.24, 2.45) is 0 Å². The molecule has 2 heterocycles. The number of thiophene rings is 1. The zero-order valence-corrected chi connectivity index (χ0v) is 13.6. The third-order valence-electron chi connectivity index (χ3n) is 2.76. The molecule has 9 heteroatoms. The van der Waals surface area contributed by atoms with Gasteiger partial charge in [0.05, 0.1) is 25.5 Å². The zero-order chi connectivity index (χ0) is 16.2. The van der Waals surface area contributed by atoms with Crippen LogP contribution in [0, 0.1) is 0 Å². The zero-order valence-electron chi connectivity index (χ0n) is 12.0. The van der Waals surface area contributed by atoms with Crippen LogP contribution in [0.2, 0.25) is 0 Å². The second-order valence-electron chi connectivity index (χ2n) is 4.33. The summed E-state index contributed by atoms with van der Waals surface area (Å²) in [6, 6.07) is 6.37. The van der Waals surface area contributed by atoms with E-state index in [1.165, 1.54) is 26.4 Å². The molecule has 0 aliphatic heterocycles. The van der Waals surface area contributed by atoms with E-state index >= 15 is 0 Å². The highest BCUT2D eigenvalue weighted by atomic mass is 32.2. The lowest BCUT2D eigenvalue weighted by Crippen LogP contribution is -2.34. The standard InChI is InChI=1S/C13H15N3O4S2/c1-16(22(18,19)13-4-3-7-21-13)9-11(17)15-10-5-6-12(20-2)14-8-10/h3-8H,9H2,1-2H3,(H,15,17). The maximum Gasteiger partial charge on any atom is 0.252 e. The van der Waals surface area contributed by atoms with Crippen LogP contribution in [0.25, 0.3) is 0 Å². The van der Waals surface area contributed by atoms with E-state index in [1.54, 1.807) is 23.6 Å². The van der Waals surface area contributed by atoms with Crippen LogP contribution >= 0.6 is 11.3 Å². The smallest absolute Gasteiger partial charge is 0.252 e. The van der Waals surface area contributed by atoms with Crippen LogP contribution in [-0.4, -0.2) is 44.3 Å². The molecule has 1 amide bonds. The number of anilines is 1. The number of carbonyl (C=O) groups is 1. The van der Waals surface area contributed by atoms with Crippen LogP contribution in [0.3, 0.4) is 0 Å². The summed E-state index contributed by atoms with van der Waals surface area (Å²) in [6.07, 6.45) is 1.44. The maximum atomic E-state index is 12.2. The molecular formula is C13H15N3O4S2. The van der Waals surface area contributed by atoms with Gasteiger partial charge >= 0.3 is 0 Å². The number of methoxy groups -OCH3 is 1. The summed E-state index contributed by atoms with van der Waals surface area (Å²) in [5, 5.41) is 4.25. The number of amides is 1. The van der Waals surface area contributed by atoms with Crippen molar-refractivity contribution in [2.45, 2.75) is 4.21 Å². The Kier molecular flexibility index (Phi) is 5.11. The molecule has 0 saturated heterocycles. The Hall–Kier alpha value is -1.97. The normalized spacial score (nSPS) is 11.4. The maximum absolute atomic E-state index is 12.2. The summed E-state index contributed by atoms with van der Waals surface area (Å²) >= 11 is 1.11. The second kappa shape index (κ2) is 6.86. The Labute approximate surface area is 132 Å². The van der Waals surface area contributed by atoms with Crippen molar-refractivity contribution in [3.8, 4) is 5.88 Å². The fourth-order valence-electron chi connectivity index (χ4n) is 1.63. The first kappa shape index (κ1) is 16.4. The van der Waals surface area contributed by atoms with Gasteiger partial charge in [0.25, 0.3) is 10.0 Å². The lowest BCUT2D eigenvalue weighted by atomic mass is 10.4. The fourth-order valence-corrected chi connectivity index (χ4v) is 3.95. The SMILES string of the molecule is COc1ccc(NC(=O)CN(C)S(=O)(=O)c2cccs2)cn1. The predicted molar refractivity (Wildman–Crippen MR) is 83.6 cm³/mol. The summed E-state index contributed by atoms with van der Waals surface area (Å²) in [7, 11) is -0.785. The Balaban J connectivity index is 1.99. The van der Waals surface area contributed by atoms with Gasteiger partial charge in [-0.05, 0) is 17.5 Å². The Morgan fingerprint density at radius 1 is 1.41 bits per heavy atom. The first-order chi connectivity index (χ1) is 10.4. The average Bonchev–Trinajstić information content (AvgIpc) is 3.02. The minimum Gasteiger partial charge on any atom is -0.481 e. The molecule has 0 fully saturated rings. The fraction of sp³-hybridized carbons (Fsp3) is 0.231. The molecule has 0 aliphatic rings. The van der Waals surface area contributed by atoms with Crippen molar-refractivity contribution in [3.05, 3.63) is 35.8 Å². The lowest BCUT2D eigenvalue weighted by Gasteiger charge is -2.15. The van der Waals surface area contributed by atoms with Gasteiger partial charge in [-0.25, -0.2) is 13.4 Å². The molecule has 22 heavy (non-hydrogen) atoms. The van der Waals surface area contributed by atoms with Crippen molar-refractivity contribution < 1.29 is 17.9 Å². The van der Waals surface area contributed by atoms with Gasteiger partial charge in [-0.1, -0.05) is 6.07 Å². The molecule has 0 aromatic carbocycles. The van der Waals surface area contributed by atoms with Crippen LogP contribution < -0.4 is 10.1 Å². The topological polar surface area (TPSA) is 88.6 Å². The Morgan fingerprint density at radius 2 is 2.18 bits per heavy atom. The van der Waals surface area contributed by atoms with Crippen molar-refractivity contribution in [1.82, 2.24) is 9.29 Å². The molecule has 2 aromatic heterocycles. The second-order valence-corrected chi connectivity index (χ2v) is 7.55. The van der Waals surface area contributed by atoms with Crippen molar-refractivity contribution in [2.75, 3.05) is 26.0 Å². The van der Waals surface area contributed by atoms with E-state index in [9.17, 15) is 13.2 Å². The first-order valence-electron chi connectivity index (χ1n) is 6.23. The van der Waals surface area contributed by atoms with Crippen molar-refractivity contribution in [1.29, 1.82) is 0 Å². The van der Waals surface area contributed by atoms with E-state index < -0.39 is 15.9 Å². The van der Waals surface area contributed by atoms with Crippen LogP contribution in [-0.2, 0) is 14.8 Å². The first-order valence-corrected chi connectivity index (χ1v) is 8.55. The number of pyridine rings is 1. The summed E-state index contributed by atoms with van der Waals surface area (Å²) < 4.78 is 30.5. The van der Waals surface area contributed by atoms with Gasteiger partial charge in [0.1, 0.15) is 4.21 Å². The molecule has 7 nitrogen and oxygen atoms in total. The van der Waals surface area contributed by atoms with Crippen LogP contribution in [0.5, 0.6) is 5.88 Å². The minimum atomic E-state index is -3.64. The van der Waals surface area contributed by atoms with Gasteiger partial charge in [-0.15, -0.1) is 11.3 Å². The number of rotatable bonds is 6. The number of nitrogens with zero attached hydrogens (tertiary/aromatic N) is 2. The molecule has 118 valence electrons. The van der Waals surface area contributed by atoms with E-state index in [4.69, 9.17) is 4.74 Å². The molecule has 1 N–H and O–H groups in total. The number of hydrogen-bond acceptors (Lipinski definition) is 6. The Morgan fingerprint density at radius 3 is 2.73 bits per heavy atom. The molecule has 0 radical (unpaired) electrons. The summed E-state index contributed by atoms with van der Waals surface area (Å²) in [5.41, 5.74) is 0.465. The number of likely N-dealkylation sites (N-methyl/N-ethyl adjacent to an activating group) is 1. The molecule has 2 aromatic rings. The summed E-state index contributed by atoms with van der Waals surface area (Å²) in [4.78, 5) is 15.9. The molecule has 2 rings (SSSR count). The van der Waals surface area contributed by atoms with Crippen LogP contribution in [0.15, 0.2) is 40.1 Å². The number of nitrogens with one attached hydrogen (secondary N) is 1. The molecular weight excluding hydrogens is 326 g/mol. The number of aromatic nitrogens is 1. The van der Waals surface area contributed by atoms with Gasteiger partial charge < -0.3 is 10.1 Å². The molecule has 0 saturated carbocycles. The molecule has 0 bridgehead atoms. The van der Waals surface area contributed by atoms with Gasteiger partial charge in [-0.2, -0.15) is 4.31 Å². The van der Waals surface area contributed by atoms with E-state index in [0.29, 0.717) is 11.6 Å². The van der Waals surface area contributed by atoms with Crippen molar-refractivity contribution >= 4 is 33.0 Å². The minimum absolute atomic E-state index is 0.203. The van der Waals surface area contributed by atoms with Crippen LogP contribution in [0.1, 0.15) is 0 Å². The van der Waals surface area contributed by atoms with Gasteiger partial charge in [0.15, 0.2) is 0 Å². The third-order valence-corrected chi connectivity index (χ3v) is 5.93. The lowest BCUT2D eigenvalue weighted by molar-refractivity contribution is -0.116. The van der Waals surface area contributed by atoms with Crippen molar-refractivity contribution in [3.63, 3.8) is 0 Å². The summed E-state index contributed by atoms with van der Waals surface area (Å²) in [5.74, 6) is -0.0232. The monoisotopic (exact) mass is 341 g/mol. The highest BCUT2D eigenvalue weighted by Crippen LogP contribution is 2.19. The predicted octanol–water partition coefficient (Wildman–Crippen LogP) is 1.41. The van der Waals surface area contributed by atoms with Gasteiger partial charge in [0, 0.05) is 13.1 Å². The molecule has 0 aliphatic carbocycles. The molecule has 0 atom stereocenters. The number of hydrogen-bond donors (Lipinski definition) is 1. The molecule has 0 spiro atoms. The molecule has 0 unspecified atom stereocenters. The Bertz CT molecular complexity index is 727. The van der Waals surface area contributed by atoms with E-state index in [2.05, 4.69) is 10.3 Å². The highest BCUT2D eigenvalue weighted by Gasteiger charge is 2.23. The van der Waals surface area contributed by atoms with Gasteiger partial charge in [0.2, 0.25) is 11.8 Å². The highest BCUT2D eigenvalue weighted by molar-refractivity contribution is 7.91. The third kappa shape index (κ3) is 3.81. The van der Waals surface area contributed by atoms with E-state index in [1.807, 2.05) is 0 Å². The number of carbonyl (C=O) groups excluding carboxylic acids is 1. The van der Waals surface area contributed by atoms with E-state index in [0.717, 1.165) is 15.6 Å². The summed E-state index contributed by atoms with van der Waals surface area (Å²) in [6.45, 7) is -0.285. The average molecular weight is 341 g/mol. The number of ether oxygens (including phenoxy) is 1. The quantitative estimate of drug-likeness (QED) is 0.858. The van der Waals surface area contributed by atoms with Gasteiger partial charge in [-0.3, -0.25) is 4.79 Å².